The highest BCUT2D eigenvalue weighted by Gasteiger charge is 2.46. The Hall–Kier alpha value is -1.05. The fourth-order valence-corrected chi connectivity index (χ4v) is 4.85. The van der Waals surface area contributed by atoms with E-state index in [1.165, 1.54) is 24.8 Å². The molecule has 6 nitrogen and oxygen atoms in total. The summed E-state index contributed by atoms with van der Waals surface area (Å²) >= 11 is 0. The SMILES string of the molecule is COc1ccc(CCO[C@H]2CCCCC2N2CCC3(C2)OCCO3)cc1OC.Cl. The van der Waals surface area contributed by atoms with Gasteiger partial charge in [0.25, 0.3) is 0 Å². The van der Waals surface area contributed by atoms with Crippen LogP contribution in [0.25, 0.3) is 0 Å². The molecule has 0 radical (unpaired) electrons. The third-order valence-electron chi connectivity index (χ3n) is 6.34. The Kier molecular flexibility index (Phi) is 8.05. The van der Waals surface area contributed by atoms with E-state index >= 15 is 0 Å². The Morgan fingerprint density at radius 1 is 1.07 bits per heavy atom. The van der Waals surface area contributed by atoms with Gasteiger partial charge in [-0.3, -0.25) is 4.90 Å². The second-order valence-corrected chi connectivity index (χ2v) is 8.03. The normalized spacial score (nSPS) is 26.4. The molecule has 1 aromatic carbocycles. The van der Waals surface area contributed by atoms with Crippen LogP contribution in [0.2, 0.25) is 0 Å². The highest BCUT2D eigenvalue weighted by Crippen LogP contribution is 2.35. The number of benzene rings is 1. The third kappa shape index (κ3) is 5.17. The maximum Gasteiger partial charge on any atom is 0.182 e. The number of ether oxygens (including phenoxy) is 5. The van der Waals surface area contributed by atoms with Gasteiger partial charge in [0, 0.05) is 19.0 Å². The van der Waals surface area contributed by atoms with E-state index < -0.39 is 0 Å². The number of nitrogens with zero attached hydrogens (tertiary/aromatic N) is 1. The second kappa shape index (κ2) is 10.3. The predicted molar refractivity (Wildman–Crippen MR) is 113 cm³/mol. The Morgan fingerprint density at radius 3 is 2.59 bits per heavy atom. The quantitative estimate of drug-likeness (QED) is 0.664. The summed E-state index contributed by atoms with van der Waals surface area (Å²) in [6.07, 6.45) is 7.03. The number of hydrogen-bond donors (Lipinski definition) is 0. The van der Waals surface area contributed by atoms with Crippen molar-refractivity contribution in [3.05, 3.63) is 23.8 Å². The van der Waals surface area contributed by atoms with Gasteiger partial charge >= 0.3 is 0 Å². The fourth-order valence-electron chi connectivity index (χ4n) is 4.85. The van der Waals surface area contributed by atoms with Crippen LogP contribution in [0.1, 0.15) is 37.7 Å². The summed E-state index contributed by atoms with van der Waals surface area (Å²) in [6, 6.07) is 6.57. The van der Waals surface area contributed by atoms with Crippen molar-refractivity contribution in [2.75, 3.05) is 47.1 Å². The Bertz CT molecular complexity index is 652. The van der Waals surface area contributed by atoms with Crippen LogP contribution in [-0.2, 0) is 20.6 Å². The molecular formula is C22H34ClNO5. The van der Waals surface area contributed by atoms with E-state index in [0.29, 0.717) is 12.1 Å². The molecule has 1 aromatic rings. The average Bonchev–Trinajstić information content (AvgIpc) is 3.38. The first-order chi connectivity index (χ1) is 13.7. The van der Waals surface area contributed by atoms with Gasteiger partial charge < -0.3 is 23.7 Å². The molecule has 2 saturated heterocycles. The van der Waals surface area contributed by atoms with Gasteiger partial charge in [0.05, 0.1) is 46.7 Å². The highest BCUT2D eigenvalue weighted by molar-refractivity contribution is 5.85. The molecule has 0 amide bonds. The van der Waals surface area contributed by atoms with Crippen LogP contribution < -0.4 is 9.47 Å². The van der Waals surface area contributed by atoms with Crippen LogP contribution in [0.3, 0.4) is 0 Å². The van der Waals surface area contributed by atoms with E-state index in [1.807, 2.05) is 12.1 Å². The van der Waals surface area contributed by atoms with E-state index in [-0.39, 0.29) is 18.2 Å². The van der Waals surface area contributed by atoms with Gasteiger partial charge in [-0.15, -0.1) is 12.4 Å². The molecule has 2 atom stereocenters. The Balaban J connectivity index is 0.00000240. The van der Waals surface area contributed by atoms with Crippen LogP contribution in [0.5, 0.6) is 11.5 Å². The zero-order valence-corrected chi connectivity index (χ0v) is 18.4. The summed E-state index contributed by atoms with van der Waals surface area (Å²) in [7, 11) is 3.33. The highest BCUT2D eigenvalue weighted by atomic mass is 35.5. The fraction of sp³-hybridized carbons (Fsp3) is 0.727. The molecule has 1 unspecified atom stereocenters. The van der Waals surface area contributed by atoms with E-state index in [0.717, 1.165) is 63.7 Å². The third-order valence-corrected chi connectivity index (χ3v) is 6.34. The first kappa shape index (κ1) is 22.6. The minimum atomic E-state index is -0.346. The van der Waals surface area contributed by atoms with Gasteiger partial charge in [0.1, 0.15) is 0 Å². The first-order valence-electron chi connectivity index (χ1n) is 10.6. The first-order valence-corrected chi connectivity index (χ1v) is 10.6. The van der Waals surface area contributed by atoms with Crippen LogP contribution in [0.4, 0.5) is 0 Å². The van der Waals surface area contributed by atoms with Crippen molar-refractivity contribution in [3.8, 4) is 11.5 Å². The van der Waals surface area contributed by atoms with Gasteiger partial charge in [-0.05, 0) is 37.0 Å². The Labute approximate surface area is 180 Å². The molecule has 29 heavy (non-hydrogen) atoms. The molecule has 2 heterocycles. The lowest BCUT2D eigenvalue weighted by molar-refractivity contribution is -0.149. The second-order valence-electron chi connectivity index (χ2n) is 8.03. The molecule has 0 bridgehead atoms. The maximum absolute atomic E-state index is 6.40. The monoisotopic (exact) mass is 427 g/mol. The summed E-state index contributed by atoms with van der Waals surface area (Å²) < 4.78 is 28.9. The van der Waals surface area contributed by atoms with E-state index in [1.54, 1.807) is 14.2 Å². The van der Waals surface area contributed by atoms with E-state index in [4.69, 9.17) is 23.7 Å². The van der Waals surface area contributed by atoms with Gasteiger partial charge in [-0.25, -0.2) is 0 Å². The van der Waals surface area contributed by atoms with Gasteiger partial charge in [-0.2, -0.15) is 0 Å². The number of halogens is 1. The molecule has 4 rings (SSSR count). The van der Waals surface area contributed by atoms with Crippen molar-refractivity contribution in [3.63, 3.8) is 0 Å². The zero-order valence-electron chi connectivity index (χ0n) is 17.6. The van der Waals surface area contributed by atoms with Crippen molar-refractivity contribution < 1.29 is 23.7 Å². The van der Waals surface area contributed by atoms with Crippen molar-refractivity contribution in [2.45, 2.75) is 56.5 Å². The maximum atomic E-state index is 6.40. The van der Waals surface area contributed by atoms with Crippen LogP contribution in [0.15, 0.2) is 18.2 Å². The molecule has 2 aliphatic heterocycles. The number of rotatable bonds is 7. The standard InChI is InChI=1S/C22H33NO5.ClH/c1-24-20-8-7-17(15-21(20)25-2)9-12-26-19-6-4-3-5-18(19)23-11-10-22(16-23)27-13-14-28-22;/h7-8,15,18-19H,3-6,9-14,16H2,1-2H3;1H/t18?,19-;/m0./s1. The lowest BCUT2D eigenvalue weighted by Crippen LogP contribution is -2.47. The van der Waals surface area contributed by atoms with Crippen molar-refractivity contribution in [2.24, 2.45) is 0 Å². The minimum absolute atomic E-state index is 0. The molecule has 0 N–H and O–H groups in total. The molecule has 3 aliphatic rings. The van der Waals surface area contributed by atoms with Crippen molar-refractivity contribution in [1.82, 2.24) is 4.90 Å². The van der Waals surface area contributed by atoms with Gasteiger partial charge in [0.2, 0.25) is 0 Å². The molecule has 1 aliphatic carbocycles. The number of likely N-dealkylation sites (tertiary alicyclic amines) is 1. The average molecular weight is 428 g/mol. The van der Waals surface area contributed by atoms with Crippen molar-refractivity contribution in [1.29, 1.82) is 0 Å². The molecular weight excluding hydrogens is 394 g/mol. The zero-order chi connectivity index (χ0) is 19.4. The van der Waals surface area contributed by atoms with Crippen LogP contribution in [-0.4, -0.2) is 70.0 Å². The molecule has 0 aromatic heterocycles. The van der Waals surface area contributed by atoms with Crippen LogP contribution >= 0.6 is 12.4 Å². The van der Waals surface area contributed by atoms with Crippen LogP contribution in [0, 0.1) is 0 Å². The number of methoxy groups -OCH3 is 2. The number of hydrogen-bond acceptors (Lipinski definition) is 6. The lowest BCUT2D eigenvalue weighted by Gasteiger charge is -2.38. The largest absolute Gasteiger partial charge is 0.493 e. The predicted octanol–water partition coefficient (Wildman–Crippen LogP) is 3.44. The summed E-state index contributed by atoms with van der Waals surface area (Å²) in [5.74, 6) is 1.19. The van der Waals surface area contributed by atoms with Crippen molar-refractivity contribution >= 4 is 12.4 Å². The minimum Gasteiger partial charge on any atom is -0.493 e. The van der Waals surface area contributed by atoms with Gasteiger partial charge in [0.15, 0.2) is 17.3 Å². The summed E-state index contributed by atoms with van der Waals surface area (Å²) in [5, 5.41) is 0. The molecule has 7 heteroatoms. The topological polar surface area (TPSA) is 49.4 Å². The smallest absolute Gasteiger partial charge is 0.182 e. The summed E-state index contributed by atoms with van der Waals surface area (Å²) in [5.41, 5.74) is 1.21. The molecule has 1 spiro atoms. The molecule has 3 fully saturated rings. The summed E-state index contributed by atoms with van der Waals surface area (Å²) in [4.78, 5) is 2.55. The van der Waals surface area contributed by atoms with E-state index in [9.17, 15) is 0 Å². The van der Waals surface area contributed by atoms with Gasteiger partial charge in [-0.1, -0.05) is 18.9 Å². The molecule has 164 valence electrons. The lowest BCUT2D eigenvalue weighted by atomic mass is 9.91. The van der Waals surface area contributed by atoms with E-state index in [2.05, 4.69) is 11.0 Å². The molecule has 1 saturated carbocycles. The Morgan fingerprint density at radius 2 is 1.83 bits per heavy atom. The summed E-state index contributed by atoms with van der Waals surface area (Å²) in [6.45, 7) is 4.10.